The van der Waals surface area contributed by atoms with Crippen LogP contribution in [0, 0.1) is 0 Å². The SMILES string of the molecule is COC(CN)C(=O)N1CCCCC1(C)C(=O)O. The summed E-state index contributed by atoms with van der Waals surface area (Å²) in [5.41, 5.74) is 4.30. The van der Waals surface area contributed by atoms with E-state index >= 15 is 0 Å². The van der Waals surface area contributed by atoms with Crippen LogP contribution in [0.2, 0.25) is 0 Å². The van der Waals surface area contributed by atoms with E-state index in [0.717, 1.165) is 12.8 Å². The fourth-order valence-electron chi connectivity index (χ4n) is 2.17. The van der Waals surface area contributed by atoms with Crippen LogP contribution in [-0.4, -0.2) is 53.7 Å². The molecule has 1 aliphatic heterocycles. The molecule has 98 valence electrons. The smallest absolute Gasteiger partial charge is 0.329 e. The zero-order chi connectivity index (χ0) is 13.1. The summed E-state index contributed by atoms with van der Waals surface area (Å²) in [4.78, 5) is 24.9. The summed E-state index contributed by atoms with van der Waals surface area (Å²) >= 11 is 0. The zero-order valence-corrected chi connectivity index (χ0v) is 10.3. The molecule has 6 nitrogen and oxygen atoms in total. The van der Waals surface area contributed by atoms with Crippen molar-refractivity contribution in [3.8, 4) is 0 Å². The lowest BCUT2D eigenvalue weighted by Gasteiger charge is -2.42. The molecule has 1 heterocycles. The van der Waals surface area contributed by atoms with Crippen molar-refractivity contribution in [1.29, 1.82) is 0 Å². The summed E-state index contributed by atoms with van der Waals surface area (Å²) in [5, 5.41) is 9.28. The van der Waals surface area contributed by atoms with Crippen molar-refractivity contribution >= 4 is 11.9 Å². The Labute approximate surface area is 101 Å². The highest BCUT2D eigenvalue weighted by Gasteiger charge is 2.45. The summed E-state index contributed by atoms with van der Waals surface area (Å²) in [5.74, 6) is -1.31. The number of carbonyl (C=O) groups is 2. The van der Waals surface area contributed by atoms with Gasteiger partial charge in [-0.15, -0.1) is 0 Å². The number of rotatable bonds is 4. The second-order valence-corrected chi connectivity index (χ2v) is 4.49. The van der Waals surface area contributed by atoms with Crippen LogP contribution in [0.1, 0.15) is 26.2 Å². The van der Waals surface area contributed by atoms with E-state index in [4.69, 9.17) is 10.5 Å². The molecule has 1 aliphatic rings. The topological polar surface area (TPSA) is 92.9 Å². The van der Waals surface area contributed by atoms with Gasteiger partial charge in [0.1, 0.15) is 11.6 Å². The van der Waals surface area contributed by atoms with Crippen LogP contribution in [-0.2, 0) is 14.3 Å². The molecule has 2 atom stereocenters. The number of amides is 1. The van der Waals surface area contributed by atoms with Crippen molar-refractivity contribution < 1.29 is 19.4 Å². The maximum Gasteiger partial charge on any atom is 0.329 e. The molecule has 0 aromatic rings. The Bertz CT molecular complexity index is 304. The molecule has 1 rings (SSSR count). The van der Waals surface area contributed by atoms with Gasteiger partial charge >= 0.3 is 5.97 Å². The minimum atomic E-state index is -1.14. The molecule has 0 saturated carbocycles. The number of likely N-dealkylation sites (tertiary alicyclic amines) is 1. The Kier molecular flexibility index (Phi) is 4.47. The molecule has 0 bridgehead atoms. The molecule has 3 N–H and O–H groups in total. The van der Waals surface area contributed by atoms with Crippen molar-refractivity contribution in [1.82, 2.24) is 4.90 Å². The first-order chi connectivity index (χ1) is 7.97. The van der Waals surface area contributed by atoms with E-state index in [1.807, 2.05) is 0 Å². The third-order valence-electron chi connectivity index (χ3n) is 3.39. The standard InChI is InChI=1S/C11H20N2O4/c1-11(10(15)16)5-3-4-6-13(11)9(14)8(7-12)17-2/h8H,3-7,12H2,1-2H3,(H,15,16). The van der Waals surface area contributed by atoms with Crippen LogP contribution in [0.25, 0.3) is 0 Å². The van der Waals surface area contributed by atoms with Crippen molar-refractivity contribution in [3.05, 3.63) is 0 Å². The van der Waals surface area contributed by atoms with Crippen LogP contribution in [0.15, 0.2) is 0 Å². The van der Waals surface area contributed by atoms with E-state index in [2.05, 4.69) is 0 Å². The number of methoxy groups -OCH3 is 1. The Morgan fingerprint density at radius 2 is 2.18 bits per heavy atom. The monoisotopic (exact) mass is 244 g/mol. The van der Waals surface area contributed by atoms with E-state index < -0.39 is 17.6 Å². The fourth-order valence-corrected chi connectivity index (χ4v) is 2.17. The Hall–Kier alpha value is -1.14. The second-order valence-electron chi connectivity index (χ2n) is 4.49. The summed E-state index contributed by atoms with van der Waals surface area (Å²) in [6.45, 7) is 2.08. The molecule has 0 aromatic heterocycles. The van der Waals surface area contributed by atoms with Crippen molar-refractivity contribution in [2.24, 2.45) is 5.73 Å². The van der Waals surface area contributed by atoms with Crippen LogP contribution >= 0.6 is 0 Å². The predicted molar refractivity (Wildman–Crippen MR) is 61.5 cm³/mol. The lowest BCUT2D eigenvalue weighted by Crippen LogP contribution is -2.60. The van der Waals surface area contributed by atoms with Crippen molar-refractivity contribution in [2.45, 2.75) is 37.8 Å². The summed E-state index contributed by atoms with van der Waals surface area (Å²) in [6, 6.07) is 0. The Morgan fingerprint density at radius 3 is 2.65 bits per heavy atom. The molecular weight excluding hydrogens is 224 g/mol. The highest BCUT2D eigenvalue weighted by atomic mass is 16.5. The maximum atomic E-state index is 12.1. The minimum Gasteiger partial charge on any atom is -0.480 e. The number of nitrogens with zero attached hydrogens (tertiary/aromatic N) is 1. The van der Waals surface area contributed by atoms with E-state index in [-0.39, 0.29) is 12.5 Å². The molecule has 2 unspecified atom stereocenters. The predicted octanol–water partition coefficient (Wildman–Crippen LogP) is -0.184. The molecule has 0 aromatic carbocycles. The molecule has 1 amide bonds. The molecule has 1 fully saturated rings. The van der Waals surface area contributed by atoms with Gasteiger partial charge in [0.15, 0.2) is 0 Å². The Morgan fingerprint density at radius 1 is 1.53 bits per heavy atom. The molecule has 6 heteroatoms. The number of carboxylic acids is 1. The fraction of sp³-hybridized carbons (Fsp3) is 0.818. The molecular formula is C11H20N2O4. The average Bonchev–Trinajstić information content (AvgIpc) is 2.30. The number of carboxylic acid groups (broad SMARTS) is 1. The van der Waals surface area contributed by atoms with E-state index in [0.29, 0.717) is 13.0 Å². The van der Waals surface area contributed by atoms with Crippen LogP contribution < -0.4 is 5.73 Å². The number of hydrogen-bond acceptors (Lipinski definition) is 4. The van der Waals surface area contributed by atoms with E-state index in [9.17, 15) is 14.7 Å². The highest BCUT2D eigenvalue weighted by molar-refractivity contribution is 5.89. The number of nitrogens with two attached hydrogens (primary N) is 1. The van der Waals surface area contributed by atoms with Gasteiger partial charge in [-0.25, -0.2) is 4.79 Å². The third kappa shape index (κ3) is 2.58. The average molecular weight is 244 g/mol. The van der Waals surface area contributed by atoms with Gasteiger partial charge < -0.3 is 20.5 Å². The third-order valence-corrected chi connectivity index (χ3v) is 3.39. The summed E-state index contributed by atoms with van der Waals surface area (Å²) < 4.78 is 4.98. The highest BCUT2D eigenvalue weighted by Crippen LogP contribution is 2.29. The van der Waals surface area contributed by atoms with Crippen molar-refractivity contribution in [3.63, 3.8) is 0 Å². The molecule has 17 heavy (non-hydrogen) atoms. The number of hydrogen-bond donors (Lipinski definition) is 2. The quantitative estimate of drug-likeness (QED) is 0.715. The van der Waals surface area contributed by atoms with E-state index in [1.165, 1.54) is 12.0 Å². The molecule has 0 spiro atoms. The first-order valence-electron chi connectivity index (χ1n) is 5.75. The van der Waals surface area contributed by atoms with Gasteiger partial charge in [-0.05, 0) is 26.2 Å². The molecule has 1 saturated heterocycles. The van der Waals surface area contributed by atoms with Gasteiger partial charge in [-0.2, -0.15) is 0 Å². The maximum absolute atomic E-state index is 12.1. The summed E-state index contributed by atoms with van der Waals surface area (Å²) in [7, 11) is 1.40. The largest absolute Gasteiger partial charge is 0.480 e. The van der Waals surface area contributed by atoms with Gasteiger partial charge in [0.05, 0.1) is 0 Å². The number of ether oxygens (including phenoxy) is 1. The Balaban J connectivity index is 2.92. The van der Waals surface area contributed by atoms with Crippen LogP contribution in [0.3, 0.4) is 0 Å². The van der Waals surface area contributed by atoms with E-state index in [1.54, 1.807) is 6.92 Å². The normalized spacial score (nSPS) is 26.6. The van der Waals surface area contributed by atoms with Crippen LogP contribution in [0.5, 0.6) is 0 Å². The lowest BCUT2D eigenvalue weighted by atomic mass is 9.88. The molecule has 0 aliphatic carbocycles. The minimum absolute atomic E-state index is 0.0571. The van der Waals surface area contributed by atoms with Gasteiger partial charge in [0.25, 0.3) is 5.91 Å². The first-order valence-corrected chi connectivity index (χ1v) is 5.75. The number of aliphatic carboxylic acids is 1. The van der Waals surface area contributed by atoms with Crippen molar-refractivity contribution in [2.75, 3.05) is 20.2 Å². The molecule has 0 radical (unpaired) electrons. The second kappa shape index (κ2) is 5.46. The van der Waals surface area contributed by atoms with Gasteiger partial charge in [-0.3, -0.25) is 4.79 Å². The van der Waals surface area contributed by atoms with Gasteiger partial charge in [0, 0.05) is 20.2 Å². The van der Waals surface area contributed by atoms with Gasteiger partial charge in [-0.1, -0.05) is 0 Å². The first kappa shape index (κ1) is 13.9. The van der Waals surface area contributed by atoms with Crippen LogP contribution in [0.4, 0.5) is 0 Å². The lowest BCUT2D eigenvalue weighted by molar-refractivity contribution is -0.165. The van der Waals surface area contributed by atoms with Gasteiger partial charge in [0.2, 0.25) is 0 Å². The number of piperidine rings is 1. The number of carbonyl (C=O) groups excluding carboxylic acids is 1. The summed E-state index contributed by atoms with van der Waals surface area (Å²) in [6.07, 6.45) is 1.34. The zero-order valence-electron chi connectivity index (χ0n) is 10.3.